The number of benzene rings is 2. The minimum atomic E-state index is -0.289. The Hall–Kier alpha value is -3.71. The van der Waals surface area contributed by atoms with Gasteiger partial charge < -0.3 is 9.32 Å². The quantitative estimate of drug-likeness (QED) is 0.584. The van der Waals surface area contributed by atoms with Crippen LogP contribution in [0.25, 0.3) is 0 Å². The van der Waals surface area contributed by atoms with E-state index in [4.69, 9.17) is 9.52 Å². The number of hydrogen-bond donors (Lipinski definition) is 0. The van der Waals surface area contributed by atoms with Gasteiger partial charge in [-0.05, 0) is 43.7 Å². The lowest BCUT2D eigenvalue weighted by atomic mass is 10.0. The van der Waals surface area contributed by atoms with Crippen molar-refractivity contribution in [1.29, 1.82) is 0 Å². The van der Waals surface area contributed by atoms with Crippen LogP contribution in [0.3, 0.4) is 0 Å². The van der Waals surface area contributed by atoms with Crippen LogP contribution in [0.15, 0.2) is 76.4 Å². The first-order chi connectivity index (χ1) is 16.5. The van der Waals surface area contributed by atoms with Crippen LogP contribution in [-0.2, 0) is 9.59 Å². The Morgan fingerprint density at radius 1 is 1.00 bits per heavy atom. The smallest absolute Gasteiger partial charge is 0.257 e. The third-order valence-corrected chi connectivity index (χ3v) is 6.43. The van der Waals surface area contributed by atoms with Crippen LogP contribution in [0, 0.1) is 13.8 Å². The third-order valence-electron chi connectivity index (χ3n) is 6.43. The van der Waals surface area contributed by atoms with Crippen molar-refractivity contribution in [2.24, 2.45) is 5.10 Å². The predicted molar refractivity (Wildman–Crippen MR) is 131 cm³/mol. The van der Waals surface area contributed by atoms with Crippen LogP contribution in [0.1, 0.15) is 34.9 Å². The molecule has 1 aromatic heterocycles. The van der Waals surface area contributed by atoms with Gasteiger partial charge in [-0.2, -0.15) is 5.10 Å². The van der Waals surface area contributed by atoms with Crippen LogP contribution in [0.2, 0.25) is 0 Å². The van der Waals surface area contributed by atoms with Crippen molar-refractivity contribution in [3.8, 4) is 0 Å². The molecule has 34 heavy (non-hydrogen) atoms. The van der Waals surface area contributed by atoms with Crippen molar-refractivity contribution in [3.63, 3.8) is 0 Å². The number of amides is 2. The number of hydrazone groups is 1. The molecular formula is C27H28N4O3. The molecule has 0 N–H and O–H groups in total. The van der Waals surface area contributed by atoms with E-state index in [2.05, 4.69) is 0 Å². The highest BCUT2D eigenvalue weighted by atomic mass is 16.3. The molecule has 7 nitrogen and oxygen atoms in total. The van der Waals surface area contributed by atoms with E-state index in [1.54, 1.807) is 11.2 Å². The van der Waals surface area contributed by atoms with Crippen LogP contribution in [0.5, 0.6) is 0 Å². The number of rotatable bonds is 5. The third kappa shape index (κ3) is 4.52. The van der Waals surface area contributed by atoms with Gasteiger partial charge in [-0.15, -0.1) is 0 Å². The fourth-order valence-electron chi connectivity index (χ4n) is 4.48. The number of piperazine rings is 1. The first-order valence-electron chi connectivity index (χ1n) is 11.6. The summed E-state index contributed by atoms with van der Waals surface area (Å²) in [6, 6.07) is 19.5. The van der Waals surface area contributed by atoms with E-state index in [9.17, 15) is 9.59 Å². The monoisotopic (exact) mass is 456 g/mol. The summed E-state index contributed by atoms with van der Waals surface area (Å²) in [5.74, 6) is 0.565. The van der Waals surface area contributed by atoms with Gasteiger partial charge in [-0.25, -0.2) is 5.01 Å². The number of aryl methyl sites for hydroxylation is 2. The van der Waals surface area contributed by atoms with E-state index >= 15 is 0 Å². The molecule has 0 spiro atoms. The van der Waals surface area contributed by atoms with Gasteiger partial charge in [0.15, 0.2) is 0 Å². The van der Waals surface area contributed by atoms with Crippen molar-refractivity contribution >= 4 is 23.2 Å². The maximum absolute atomic E-state index is 13.4. The number of furan rings is 1. The summed E-state index contributed by atoms with van der Waals surface area (Å²) in [5, 5.41) is 6.23. The summed E-state index contributed by atoms with van der Waals surface area (Å²) >= 11 is 0. The van der Waals surface area contributed by atoms with Crippen molar-refractivity contribution in [2.45, 2.75) is 26.3 Å². The molecular weight excluding hydrogens is 428 g/mol. The zero-order chi connectivity index (χ0) is 23.7. The van der Waals surface area contributed by atoms with Gasteiger partial charge in [0.2, 0.25) is 5.91 Å². The normalized spacial score (nSPS) is 18.9. The lowest BCUT2D eigenvalue weighted by Crippen LogP contribution is -2.52. The summed E-state index contributed by atoms with van der Waals surface area (Å²) < 4.78 is 5.64. The van der Waals surface area contributed by atoms with E-state index in [0.717, 1.165) is 22.5 Å². The minimum Gasteiger partial charge on any atom is -0.467 e. The molecule has 1 unspecified atom stereocenters. The van der Waals surface area contributed by atoms with E-state index in [1.165, 1.54) is 10.6 Å². The molecule has 1 atom stereocenters. The van der Waals surface area contributed by atoms with Gasteiger partial charge >= 0.3 is 0 Å². The number of carbonyl (C=O) groups excluding carboxylic acids is 2. The van der Waals surface area contributed by atoms with Crippen LogP contribution in [-0.4, -0.2) is 53.6 Å². The molecule has 0 aliphatic carbocycles. The van der Waals surface area contributed by atoms with E-state index in [0.29, 0.717) is 25.3 Å². The number of carbonyl (C=O) groups is 2. The van der Waals surface area contributed by atoms with Crippen molar-refractivity contribution in [3.05, 3.63) is 89.4 Å². The zero-order valence-electron chi connectivity index (χ0n) is 19.5. The number of hydrogen-bond acceptors (Lipinski definition) is 5. The van der Waals surface area contributed by atoms with Crippen molar-refractivity contribution in [1.82, 2.24) is 9.91 Å². The highest BCUT2D eigenvalue weighted by Gasteiger charge is 2.36. The van der Waals surface area contributed by atoms with E-state index < -0.39 is 0 Å². The first-order valence-corrected chi connectivity index (χ1v) is 11.6. The second kappa shape index (κ2) is 9.27. The summed E-state index contributed by atoms with van der Waals surface area (Å²) in [5.41, 5.74) is 5.08. The molecule has 5 rings (SSSR count). The van der Waals surface area contributed by atoms with Gasteiger partial charge in [0, 0.05) is 25.2 Å². The molecule has 174 valence electrons. The summed E-state index contributed by atoms with van der Waals surface area (Å²) in [6.07, 6.45) is 2.20. The molecule has 2 aliphatic rings. The summed E-state index contributed by atoms with van der Waals surface area (Å²) in [6.45, 7) is 5.58. The lowest BCUT2D eigenvalue weighted by Gasteiger charge is -2.34. The average Bonchev–Trinajstić information content (AvgIpc) is 3.51. The molecule has 1 fully saturated rings. The minimum absolute atomic E-state index is 0.00393. The van der Waals surface area contributed by atoms with Gasteiger partial charge in [0.05, 0.1) is 25.1 Å². The van der Waals surface area contributed by atoms with Crippen LogP contribution >= 0.6 is 0 Å². The topological polar surface area (TPSA) is 69.4 Å². The Balaban J connectivity index is 1.29. The fourth-order valence-corrected chi connectivity index (χ4v) is 4.48. The molecule has 0 saturated carbocycles. The average molecular weight is 457 g/mol. The molecule has 2 aromatic carbocycles. The Morgan fingerprint density at radius 3 is 2.35 bits per heavy atom. The SMILES string of the molecule is Cc1ccc(C2=NN(C(=O)CN3CCN(c4ccc(C)cc4)C(=O)C3)C(c3ccco3)C2)cc1. The number of nitrogens with zero attached hydrogens (tertiary/aromatic N) is 4. The van der Waals surface area contributed by atoms with Crippen LogP contribution < -0.4 is 4.90 Å². The second-order valence-electron chi connectivity index (χ2n) is 8.98. The number of anilines is 1. The summed E-state index contributed by atoms with van der Waals surface area (Å²) in [4.78, 5) is 29.9. The van der Waals surface area contributed by atoms with Crippen molar-refractivity contribution in [2.75, 3.05) is 31.1 Å². The fraction of sp³-hybridized carbons (Fsp3) is 0.296. The zero-order valence-corrected chi connectivity index (χ0v) is 19.5. The Bertz CT molecular complexity index is 1200. The van der Waals surface area contributed by atoms with E-state index in [-0.39, 0.29) is 30.9 Å². The molecule has 0 bridgehead atoms. The predicted octanol–water partition coefficient (Wildman–Crippen LogP) is 3.92. The summed E-state index contributed by atoms with van der Waals surface area (Å²) in [7, 11) is 0. The first kappa shape index (κ1) is 22.1. The highest BCUT2D eigenvalue weighted by molar-refractivity contribution is 6.03. The van der Waals surface area contributed by atoms with Crippen molar-refractivity contribution < 1.29 is 14.0 Å². The highest BCUT2D eigenvalue weighted by Crippen LogP contribution is 2.33. The molecule has 2 aliphatic heterocycles. The van der Waals surface area contributed by atoms with E-state index in [1.807, 2.05) is 79.4 Å². The Labute approximate surface area is 199 Å². The van der Waals surface area contributed by atoms with Gasteiger partial charge in [0.1, 0.15) is 11.8 Å². The van der Waals surface area contributed by atoms with Gasteiger partial charge in [-0.1, -0.05) is 47.5 Å². The van der Waals surface area contributed by atoms with Crippen LogP contribution in [0.4, 0.5) is 5.69 Å². The maximum Gasteiger partial charge on any atom is 0.257 e. The van der Waals surface area contributed by atoms with Gasteiger partial charge in [-0.3, -0.25) is 14.5 Å². The molecule has 3 heterocycles. The molecule has 0 radical (unpaired) electrons. The maximum atomic E-state index is 13.4. The molecule has 1 saturated heterocycles. The second-order valence-corrected chi connectivity index (χ2v) is 8.98. The Kier molecular flexibility index (Phi) is 6.02. The largest absolute Gasteiger partial charge is 0.467 e. The molecule has 2 amide bonds. The molecule has 7 heteroatoms. The lowest BCUT2D eigenvalue weighted by molar-refractivity contribution is -0.135. The molecule has 3 aromatic rings. The van der Waals surface area contributed by atoms with Gasteiger partial charge in [0.25, 0.3) is 5.91 Å². The Morgan fingerprint density at radius 2 is 1.71 bits per heavy atom. The standard InChI is InChI=1S/C27H28N4O3/c1-19-5-9-21(10-6-19)23-16-24(25-4-3-15-34-25)31(28-23)27(33)18-29-13-14-30(26(32)17-29)22-11-7-20(2)8-12-22/h3-12,15,24H,13-14,16-18H2,1-2H3.